The highest BCUT2D eigenvalue weighted by Crippen LogP contribution is 2.45. The van der Waals surface area contributed by atoms with Gasteiger partial charge in [-0.1, -0.05) is 80.6 Å². The minimum Gasteiger partial charge on any atom is -0.446 e. The average molecular weight is 475 g/mol. The monoisotopic (exact) mass is 474 g/mol. The summed E-state index contributed by atoms with van der Waals surface area (Å²) in [5, 5.41) is 7.28. The number of fused-ring (bicyclic) bond motifs is 1. The summed E-state index contributed by atoms with van der Waals surface area (Å²) < 4.78 is 6.04. The fourth-order valence-electron chi connectivity index (χ4n) is 5.59. The Morgan fingerprint density at radius 3 is 2.34 bits per heavy atom. The third kappa shape index (κ3) is 5.36. The van der Waals surface area contributed by atoms with E-state index in [1.165, 1.54) is 0 Å². The number of hydrogen-bond donors (Lipinski definition) is 1. The van der Waals surface area contributed by atoms with Gasteiger partial charge in [-0.05, 0) is 50.6 Å². The molecule has 1 heterocycles. The van der Waals surface area contributed by atoms with Crippen LogP contribution in [0.2, 0.25) is 0 Å². The number of amides is 1. The first-order valence-corrected chi connectivity index (χ1v) is 12.8. The second-order valence-electron chi connectivity index (χ2n) is 10.3. The molecule has 0 bridgehead atoms. The number of benzene rings is 3. The van der Waals surface area contributed by atoms with Gasteiger partial charge in [-0.2, -0.15) is 5.06 Å². The van der Waals surface area contributed by atoms with E-state index in [1.54, 1.807) is 0 Å². The van der Waals surface area contributed by atoms with Gasteiger partial charge in [0.25, 0.3) is 0 Å². The van der Waals surface area contributed by atoms with Crippen LogP contribution in [0.4, 0.5) is 10.5 Å². The van der Waals surface area contributed by atoms with E-state index in [-0.39, 0.29) is 23.3 Å². The second kappa shape index (κ2) is 10.4. The molecule has 2 atom stereocenters. The first-order valence-electron chi connectivity index (χ1n) is 12.8. The molecular weight excluding hydrogens is 436 g/mol. The van der Waals surface area contributed by atoms with Crippen LogP contribution in [0.15, 0.2) is 72.8 Å². The van der Waals surface area contributed by atoms with Gasteiger partial charge in [0.2, 0.25) is 0 Å². The van der Waals surface area contributed by atoms with Crippen LogP contribution in [0.1, 0.15) is 72.0 Å². The second-order valence-corrected chi connectivity index (χ2v) is 10.3. The van der Waals surface area contributed by atoms with Crippen LogP contribution in [0, 0.1) is 0 Å². The number of nitrogens with zero attached hydrogens (tertiary/aromatic N) is 1. The summed E-state index contributed by atoms with van der Waals surface area (Å²) >= 11 is 0. The molecule has 1 saturated heterocycles. The van der Waals surface area contributed by atoms with Crippen molar-refractivity contribution in [3.8, 4) is 0 Å². The van der Waals surface area contributed by atoms with Crippen LogP contribution < -0.4 is 5.32 Å². The molecule has 3 aromatic rings. The van der Waals surface area contributed by atoms with E-state index in [0.29, 0.717) is 6.42 Å². The number of rotatable bonds is 7. The number of carbonyl (C=O) groups excluding carboxylic acids is 1. The van der Waals surface area contributed by atoms with Crippen molar-refractivity contribution in [1.29, 1.82) is 0 Å². The van der Waals surface area contributed by atoms with Gasteiger partial charge in [-0.15, -0.1) is 0 Å². The molecule has 0 saturated carbocycles. The normalized spacial score (nSPS) is 20.3. The predicted molar refractivity (Wildman–Crippen MR) is 142 cm³/mol. The first-order chi connectivity index (χ1) is 16.8. The van der Waals surface area contributed by atoms with E-state index >= 15 is 0 Å². The van der Waals surface area contributed by atoms with Crippen LogP contribution >= 0.6 is 0 Å². The highest BCUT2D eigenvalue weighted by molar-refractivity contribution is 6.00. The summed E-state index contributed by atoms with van der Waals surface area (Å²) in [4.78, 5) is 19.7. The molecule has 0 aromatic heterocycles. The van der Waals surface area contributed by atoms with Crippen molar-refractivity contribution in [2.45, 2.75) is 83.6 Å². The molecule has 1 amide bonds. The Morgan fingerprint density at radius 1 is 0.971 bits per heavy atom. The molecule has 1 aliphatic rings. The molecule has 2 unspecified atom stereocenters. The van der Waals surface area contributed by atoms with Crippen molar-refractivity contribution in [3.63, 3.8) is 0 Å². The van der Waals surface area contributed by atoms with Gasteiger partial charge >= 0.3 is 6.09 Å². The highest BCUT2D eigenvalue weighted by atomic mass is 16.7. The molecule has 1 fully saturated rings. The fraction of sp³-hybridized carbons (Fsp3) is 0.433. The van der Waals surface area contributed by atoms with Gasteiger partial charge in [0.1, 0.15) is 12.2 Å². The van der Waals surface area contributed by atoms with Gasteiger partial charge in [0.15, 0.2) is 0 Å². The molecule has 5 nitrogen and oxygen atoms in total. The van der Waals surface area contributed by atoms with Crippen molar-refractivity contribution < 1.29 is 14.4 Å². The maximum atomic E-state index is 13.0. The molecule has 0 radical (unpaired) electrons. The summed E-state index contributed by atoms with van der Waals surface area (Å²) in [6.45, 7) is 10.9. The zero-order valence-corrected chi connectivity index (χ0v) is 21.6. The Kier molecular flexibility index (Phi) is 7.48. The van der Waals surface area contributed by atoms with E-state index in [0.717, 1.165) is 41.3 Å². The van der Waals surface area contributed by atoms with Gasteiger partial charge in [-0.3, -0.25) is 10.2 Å². The Morgan fingerprint density at radius 2 is 1.63 bits per heavy atom. The summed E-state index contributed by atoms with van der Waals surface area (Å²) in [5.41, 5.74) is 1.38. The van der Waals surface area contributed by atoms with E-state index < -0.39 is 6.09 Å². The highest BCUT2D eigenvalue weighted by Gasteiger charge is 2.51. The summed E-state index contributed by atoms with van der Waals surface area (Å²) in [6.07, 6.45) is 2.55. The molecule has 5 heteroatoms. The van der Waals surface area contributed by atoms with E-state index in [9.17, 15) is 4.79 Å². The lowest BCUT2D eigenvalue weighted by atomic mass is 9.75. The van der Waals surface area contributed by atoms with Crippen LogP contribution in [-0.2, 0) is 9.57 Å². The first kappa shape index (κ1) is 25.2. The molecule has 0 aliphatic carbocycles. The lowest BCUT2D eigenvalue weighted by Crippen LogP contribution is -2.64. The Labute approximate surface area is 209 Å². The largest absolute Gasteiger partial charge is 0.446 e. The Hall–Kier alpha value is -2.89. The number of hydroxylamine groups is 2. The maximum absolute atomic E-state index is 13.0. The maximum Gasteiger partial charge on any atom is 0.411 e. The van der Waals surface area contributed by atoms with Gasteiger partial charge in [0, 0.05) is 29.3 Å². The lowest BCUT2D eigenvalue weighted by molar-refractivity contribution is -0.322. The smallest absolute Gasteiger partial charge is 0.411 e. The van der Waals surface area contributed by atoms with Crippen LogP contribution in [0.5, 0.6) is 0 Å². The third-order valence-electron chi connectivity index (χ3n) is 7.46. The van der Waals surface area contributed by atoms with Crippen LogP contribution in [0.3, 0.4) is 0 Å². The van der Waals surface area contributed by atoms with Crippen LogP contribution in [-0.4, -0.2) is 28.3 Å². The SMILES string of the molecule is CCC1(CC)CC(OC(=O)Nc2cccc3ccccc23)CC(C)(C)N1OC(C)c1ccccc1. The standard InChI is InChI=1S/C30H38N2O3/c1-6-30(7-2)21-25(20-29(4,5)32(30)35-22(3)23-14-9-8-10-15-23)34-28(33)31-27-19-13-17-24-16-11-12-18-26(24)27/h8-19,22,25H,6-7,20-21H2,1-5H3,(H,31,33). The number of ether oxygens (including phenoxy) is 1. The zero-order valence-electron chi connectivity index (χ0n) is 21.6. The van der Waals surface area contributed by atoms with Crippen molar-refractivity contribution in [3.05, 3.63) is 78.4 Å². The van der Waals surface area contributed by atoms with Gasteiger partial charge in [0.05, 0.1) is 5.69 Å². The van der Waals surface area contributed by atoms with Gasteiger partial charge < -0.3 is 4.74 Å². The molecule has 1 N–H and O–H groups in total. The number of nitrogens with one attached hydrogen (secondary N) is 1. The van der Waals surface area contributed by atoms with E-state index in [1.807, 2.05) is 60.7 Å². The van der Waals surface area contributed by atoms with Gasteiger partial charge in [-0.25, -0.2) is 4.79 Å². The average Bonchev–Trinajstić information content (AvgIpc) is 2.86. The number of piperidine rings is 1. The summed E-state index contributed by atoms with van der Waals surface area (Å²) in [7, 11) is 0. The topological polar surface area (TPSA) is 50.8 Å². The van der Waals surface area contributed by atoms with Crippen molar-refractivity contribution in [2.75, 3.05) is 5.32 Å². The molecule has 186 valence electrons. The quantitative estimate of drug-likeness (QED) is 0.378. The fourth-order valence-corrected chi connectivity index (χ4v) is 5.59. The number of carbonyl (C=O) groups is 1. The number of hydrogen-bond acceptors (Lipinski definition) is 4. The molecule has 35 heavy (non-hydrogen) atoms. The van der Waals surface area contributed by atoms with Crippen molar-refractivity contribution in [1.82, 2.24) is 5.06 Å². The molecular formula is C30H38N2O3. The van der Waals surface area contributed by atoms with E-state index in [2.05, 4.69) is 57.1 Å². The molecule has 4 rings (SSSR count). The summed E-state index contributed by atoms with van der Waals surface area (Å²) in [5.74, 6) is 0. The zero-order chi connectivity index (χ0) is 25.1. The van der Waals surface area contributed by atoms with Crippen molar-refractivity contribution >= 4 is 22.6 Å². The predicted octanol–water partition coefficient (Wildman–Crippen LogP) is 7.88. The molecule has 1 aliphatic heterocycles. The molecule has 3 aromatic carbocycles. The minimum atomic E-state index is -0.407. The van der Waals surface area contributed by atoms with E-state index in [4.69, 9.17) is 9.57 Å². The third-order valence-corrected chi connectivity index (χ3v) is 7.46. The lowest BCUT2D eigenvalue weighted by Gasteiger charge is -2.56. The minimum absolute atomic E-state index is 0.0694. The molecule has 0 spiro atoms. The Bertz CT molecular complexity index is 1140. The van der Waals surface area contributed by atoms with Crippen LogP contribution in [0.25, 0.3) is 10.8 Å². The Balaban J connectivity index is 1.50. The number of anilines is 1. The van der Waals surface area contributed by atoms with Crippen molar-refractivity contribution in [2.24, 2.45) is 0 Å². The summed E-state index contributed by atoms with van der Waals surface area (Å²) in [6, 6.07) is 24.2.